The molecule has 1 aromatic carbocycles. The van der Waals surface area contributed by atoms with Gasteiger partial charge < -0.3 is 5.11 Å². The molecule has 5 aliphatic carbocycles. The van der Waals surface area contributed by atoms with Gasteiger partial charge in [0, 0.05) is 5.41 Å². The fraction of sp³-hybridized carbons (Fsp3) is 0.633. The number of nitrogens with zero attached hydrogens (tertiary/aromatic N) is 1. The van der Waals surface area contributed by atoms with Gasteiger partial charge in [0.25, 0.3) is 0 Å². The summed E-state index contributed by atoms with van der Waals surface area (Å²) in [7, 11) is 0. The van der Waals surface area contributed by atoms with Gasteiger partial charge in [0.05, 0.1) is 22.9 Å². The first-order chi connectivity index (χ1) is 16.6. The van der Waals surface area contributed by atoms with Crippen molar-refractivity contribution in [1.29, 1.82) is 0 Å². The Morgan fingerprint density at radius 1 is 1.03 bits per heavy atom. The van der Waals surface area contributed by atoms with E-state index >= 15 is 0 Å². The average Bonchev–Trinajstić information content (AvgIpc) is 3.11. The first kappa shape index (κ1) is 26.2. The molecule has 0 aromatic heterocycles. The van der Waals surface area contributed by atoms with E-state index in [1.807, 2.05) is 37.3 Å². The number of para-hydroxylation sites is 1. The number of imide groups is 1. The summed E-state index contributed by atoms with van der Waals surface area (Å²) in [6.07, 6.45) is 7.58. The molecule has 6 heteroatoms. The van der Waals surface area contributed by atoms with E-state index in [2.05, 4.69) is 26.8 Å². The van der Waals surface area contributed by atoms with Crippen LogP contribution in [0.2, 0.25) is 0 Å². The van der Waals surface area contributed by atoms with Crippen LogP contribution in [0.25, 0.3) is 0 Å². The fourth-order valence-corrected chi connectivity index (χ4v) is 9.79. The van der Waals surface area contributed by atoms with Gasteiger partial charge in [0.2, 0.25) is 11.8 Å². The molecule has 1 heterocycles. The first-order valence-corrected chi connectivity index (χ1v) is 13.4. The summed E-state index contributed by atoms with van der Waals surface area (Å²) in [6.45, 7) is 8.69. The molecule has 8 unspecified atom stereocenters. The second-order valence-electron chi connectivity index (χ2n) is 12.8. The van der Waals surface area contributed by atoms with Crippen molar-refractivity contribution in [3.63, 3.8) is 0 Å². The van der Waals surface area contributed by atoms with E-state index in [-0.39, 0.29) is 81.8 Å². The number of carboxylic acid groups (broad SMARTS) is 1. The summed E-state index contributed by atoms with van der Waals surface area (Å²) in [4.78, 5) is 42.0. The largest absolute Gasteiger partial charge is 1.00 e. The van der Waals surface area contributed by atoms with Crippen LogP contribution >= 0.6 is 0 Å². The third-order valence-electron chi connectivity index (χ3n) is 11.2. The third-order valence-corrected chi connectivity index (χ3v) is 11.2. The number of benzene rings is 1. The Morgan fingerprint density at radius 3 is 2.36 bits per heavy atom. The Kier molecular flexibility index (Phi) is 6.21. The minimum atomic E-state index is -0.721. The average molecular weight is 499 g/mol. The summed E-state index contributed by atoms with van der Waals surface area (Å²) in [5.41, 5.74) is 0.789. The van der Waals surface area contributed by atoms with Gasteiger partial charge in [0.1, 0.15) is 0 Å². The second-order valence-corrected chi connectivity index (χ2v) is 12.8. The Balaban J connectivity index is 0.00000267. The summed E-state index contributed by atoms with van der Waals surface area (Å²) in [5, 5.41) is 10.3. The van der Waals surface area contributed by atoms with Crippen molar-refractivity contribution in [2.45, 2.75) is 66.2 Å². The van der Waals surface area contributed by atoms with Crippen molar-refractivity contribution in [1.82, 2.24) is 0 Å². The van der Waals surface area contributed by atoms with Crippen LogP contribution < -0.4 is 34.5 Å². The van der Waals surface area contributed by atoms with E-state index in [1.54, 1.807) is 0 Å². The maximum absolute atomic E-state index is 14.1. The maximum Gasteiger partial charge on any atom is 1.00 e. The quantitative estimate of drug-likeness (QED) is 0.395. The minimum Gasteiger partial charge on any atom is -0.481 e. The zero-order valence-electron chi connectivity index (χ0n) is 22.3. The number of amides is 2. The zero-order chi connectivity index (χ0) is 24.9. The predicted molar refractivity (Wildman–Crippen MR) is 133 cm³/mol. The number of rotatable bonds is 3. The third kappa shape index (κ3) is 3.15. The summed E-state index contributed by atoms with van der Waals surface area (Å²) < 4.78 is 0. The summed E-state index contributed by atoms with van der Waals surface area (Å²) in [6, 6.07) is 9.39. The number of aliphatic carboxylic acids is 1. The molecule has 1 aromatic rings. The van der Waals surface area contributed by atoms with Crippen molar-refractivity contribution in [2.24, 2.45) is 51.8 Å². The van der Waals surface area contributed by atoms with E-state index in [0.717, 1.165) is 38.5 Å². The molecular weight excluding hydrogens is 461 g/mol. The number of allylic oxidation sites excluding steroid dienone is 2. The molecule has 1 spiro atoms. The molecule has 1 aliphatic heterocycles. The van der Waals surface area contributed by atoms with Crippen LogP contribution in [0, 0.1) is 51.8 Å². The number of carbonyl (C=O) groups is 3. The molecular formula is C30H37NNaO4+. The van der Waals surface area contributed by atoms with Crippen LogP contribution in [-0.2, 0) is 14.4 Å². The van der Waals surface area contributed by atoms with Crippen molar-refractivity contribution in [2.75, 3.05) is 4.90 Å². The van der Waals surface area contributed by atoms with E-state index in [4.69, 9.17) is 0 Å². The number of carbonyl (C=O) groups excluding carboxylic acids is 2. The molecule has 2 amide bonds. The molecule has 36 heavy (non-hydrogen) atoms. The summed E-state index contributed by atoms with van der Waals surface area (Å²) >= 11 is 0. The van der Waals surface area contributed by atoms with E-state index < -0.39 is 11.4 Å². The second kappa shape index (κ2) is 8.54. The molecule has 7 rings (SSSR count). The van der Waals surface area contributed by atoms with Crippen molar-refractivity contribution < 1.29 is 49.0 Å². The predicted octanol–water partition coefficient (Wildman–Crippen LogP) is 2.71. The topological polar surface area (TPSA) is 74.7 Å². The van der Waals surface area contributed by atoms with E-state index in [0.29, 0.717) is 11.6 Å². The molecule has 5 nitrogen and oxygen atoms in total. The zero-order valence-corrected chi connectivity index (χ0v) is 24.3. The van der Waals surface area contributed by atoms with Crippen molar-refractivity contribution in [3.8, 4) is 0 Å². The molecule has 6 aliphatic rings. The van der Waals surface area contributed by atoms with Gasteiger partial charge in [-0.3, -0.25) is 19.3 Å². The van der Waals surface area contributed by atoms with Crippen LogP contribution in [0.1, 0.15) is 66.2 Å². The Hall–Kier alpha value is -1.43. The smallest absolute Gasteiger partial charge is 0.481 e. The number of hydrogen-bond acceptors (Lipinski definition) is 3. The molecule has 1 N–H and O–H groups in total. The maximum atomic E-state index is 14.1. The minimum absolute atomic E-state index is 0. The first-order valence-electron chi connectivity index (χ1n) is 13.4. The standard InChI is InChI=1S/C30H37NO4.Na/c1-17(2)20-16-30-14-11-21-28(3,12-8-13-29(21,4)27(34)35)22(30)15-19(20)23-24(30)26(33)31(25(23)32)18-9-6-5-7-10-18;/h5-7,9-10,16-17,19,21-24H,8,11-15H2,1-4H3,(H,34,35);/q;+1. The fourth-order valence-electron chi connectivity index (χ4n) is 9.79. The Labute approximate surface area is 236 Å². The monoisotopic (exact) mass is 498 g/mol. The van der Waals surface area contributed by atoms with Gasteiger partial charge in [-0.25, -0.2) is 0 Å². The molecule has 0 radical (unpaired) electrons. The normalized spacial score (nSPS) is 42.9. The van der Waals surface area contributed by atoms with Gasteiger partial charge >= 0.3 is 35.5 Å². The molecule has 1 saturated heterocycles. The van der Waals surface area contributed by atoms with Crippen LogP contribution in [0.15, 0.2) is 42.0 Å². The van der Waals surface area contributed by atoms with Crippen LogP contribution in [0.3, 0.4) is 0 Å². The van der Waals surface area contributed by atoms with Gasteiger partial charge in [-0.1, -0.05) is 57.0 Å². The van der Waals surface area contributed by atoms with Crippen molar-refractivity contribution in [3.05, 3.63) is 42.0 Å². The van der Waals surface area contributed by atoms with Crippen LogP contribution in [0.5, 0.6) is 0 Å². The molecule has 2 bridgehead atoms. The van der Waals surface area contributed by atoms with Gasteiger partial charge in [-0.15, -0.1) is 0 Å². The number of fused-ring (bicyclic) bond motifs is 1. The molecule has 3 saturated carbocycles. The van der Waals surface area contributed by atoms with Crippen LogP contribution in [0.4, 0.5) is 5.69 Å². The molecule has 8 atom stereocenters. The number of carboxylic acids is 1. The Bertz CT molecular complexity index is 1150. The Morgan fingerprint density at radius 2 is 1.72 bits per heavy atom. The number of anilines is 1. The summed E-state index contributed by atoms with van der Waals surface area (Å²) in [5.74, 6) is -0.668. The number of hydrogen-bond donors (Lipinski definition) is 1. The van der Waals surface area contributed by atoms with Gasteiger partial charge in [-0.05, 0) is 80.2 Å². The van der Waals surface area contributed by atoms with Gasteiger partial charge in [-0.2, -0.15) is 0 Å². The van der Waals surface area contributed by atoms with E-state index in [1.165, 1.54) is 10.5 Å². The SMILES string of the molecule is CC(C)C1=CC23CCC4C(C)(C(=O)O)CCCC4(C)C2CC1C1C(=O)N(c2ccccc2)C(=O)C13.[Na+]. The van der Waals surface area contributed by atoms with Gasteiger partial charge in [0.15, 0.2) is 0 Å². The van der Waals surface area contributed by atoms with Crippen LogP contribution in [-0.4, -0.2) is 22.9 Å². The van der Waals surface area contributed by atoms with Crippen molar-refractivity contribution >= 4 is 23.5 Å². The van der Waals surface area contributed by atoms with E-state index in [9.17, 15) is 19.5 Å². The molecule has 186 valence electrons. The molecule has 4 fully saturated rings.